The minimum absolute atomic E-state index is 0.788. The molecule has 0 nitrogen and oxygen atoms in total. The quantitative estimate of drug-likeness (QED) is 0.537. The van der Waals surface area contributed by atoms with Crippen molar-refractivity contribution in [2.75, 3.05) is 0 Å². The Morgan fingerprint density at radius 2 is 2.36 bits per heavy atom. The highest BCUT2D eigenvalue weighted by Gasteiger charge is 2.02. The zero-order valence-corrected chi connectivity index (χ0v) is 7.16. The van der Waals surface area contributed by atoms with Crippen LogP contribution in [0.5, 0.6) is 0 Å². The lowest BCUT2D eigenvalue weighted by molar-refractivity contribution is 0.602. The molecular weight excluding hydrogens is 132 g/mol. The average Bonchev–Trinajstić information content (AvgIpc) is 2.07. The van der Waals surface area contributed by atoms with Gasteiger partial charge in [0.25, 0.3) is 0 Å². The van der Waals surface area contributed by atoms with Gasteiger partial charge < -0.3 is 0 Å². The minimum atomic E-state index is 0.788. The zero-order valence-electron chi connectivity index (χ0n) is 7.16. The summed E-state index contributed by atoms with van der Waals surface area (Å²) in [5.41, 5.74) is 0. The summed E-state index contributed by atoms with van der Waals surface area (Å²) in [7, 11) is 0. The molecule has 1 aliphatic carbocycles. The van der Waals surface area contributed by atoms with Gasteiger partial charge in [-0.2, -0.15) is 0 Å². The van der Waals surface area contributed by atoms with Crippen LogP contribution < -0.4 is 0 Å². The molecule has 0 heteroatoms. The fraction of sp³-hybridized carbons (Fsp3) is 0.455. The second-order valence-corrected chi connectivity index (χ2v) is 2.96. The van der Waals surface area contributed by atoms with Crippen molar-refractivity contribution in [2.24, 2.45) is 5.92 Å². The van der Waals surface area contributed by atoms with Gasteiger partial charge in [0.2, 0.25) is 0 Å². The van der Waals surface area contributed by atoms with Crippen molar-refractivity contribution in [3.05, 3.63) is 36.5 Å². The van der Waals surface area contributed by atoms with E-state index in [4.69, 9.17) is 0 Å². The lowest BCUT2D eigenvalue weighted by Crippen LogP contribution is -1.95. The Hall–Kier alpha value is -0.780. The third-order valence-electron chi connectivity index (χ3n) is 2.01. The topological polar surface area (TPSA) is 0 Å². The normalized spacial score (nSPS) is 23.2. The molecule has 0 saturated heterocycles. The van der Waals surface area contributed by atoms with Gasteiger partial charge in [0.05, 0.1) is 0 Å². The predicted molar refractivity (Wildman–Crippen MR) is 50.4 cm³/mol. The third kappa shape index (κ3) is 3.22. The van der Waals surface area contributed by atoms with Crippen molar-refractivity contribution in [3.8, 4) is 0 Å². The lowest BCUT2D eigenvalue weighted by Gasteiger charge is -2.10. The molecule has 0 N–H and O–H groups in total. The van der Waals surface area contributed by atoms with Gasteiger partial charge in [0, 0.05) is 0 Å². The van der Waals surface area contributed by atoms with E-state index in [-0.39, 0.29) is 0 Å². The summed E-state index contributed by atoms with van der Waals surface area (Å²) >= 11 is 0. The highest BCUT2D eigenvalue weighted by atomic mass is 14.1. The van der Waals surface area contributed by atoms with Gasteiger partial charge in [-0.3, -0.25) is 0 Å². The fourth-order valence-electron chi connectivity index (χ4n) is 1.32. The van der Waals surface area contributed by atoms with E-state index in [1.807, 2.05) is 0 Å². The molecule has 1 unspecified atom stereocenters. The van der Waals surface area contributed by atoms with Crippen LogP contribution in [0.1, 0.15) is 26.2 Å². The van der Waals surface area contributed by atoms with Gasteiger partial charge in [-0.1, -0.05) is 36.5 Å². The Morgan fingerprint density at radius 1 is 1.45 bits per heavy atom. The summed E-state index contributed by atoms with van der Waals surface area (Å²) in [6.07, 6.45) is 17.0. The summed E-state index contributed by atoms with van der Waals surface area (Å²) in [6, 6.07) is 0. The van der Waals surface area contributed by atoms with Crippen molar-refractivity contribution in [3.63, 3.8) is 0 Å². The molecule has 0 radical (unpaired) electrons. The highest BCUT2D eigenvalue weighted by Crippen LogP contribution is 2.17. The average molecular weight is 148 g/mol. The molecule has 0 aromatic carbocycles. The van der Waals surface area contributed by atoms with Crippen LogP contribution >= 0.6 is 0 Å². The molecule has 0 bridgehead atoms. The summed E-state index contributed by atoms with van der Waals surface area (Å²) in [4.78, 5) is 0. The Labute approximate surface area is 69.3 Å². The molecule has 0 saturated carbocycles. The Balaban J connectivity index is 2.17. The monoisotopic (exact) mass is 148 g/mol. The van der Waals surface area contributed by atoms with E-state index in [9.17, 15) is 0 Å². The van der Waals surface area contributed by atoms with E-state index >= 15 is 0 Å². The van der Waals surface area contributed by atoms with Crippen molar-refractivity contribution in [2.45, 2.75) is 26.2 Å². The van der Waals surface area contributed by atoms with Gasteiger partial charge in [-0.05, 0) is 32.1 Å². The second kappa shape index (κ2) is 4.95. The number of rotatable bonds is 3. The third-order valence-corrected chi connectivity index (χ3v) is 2.01. The molecule has 0 aromatic heterocycles. The first-order chi connectivity index (χ1) is 5.43. The lowest BCUT2D eigenvalue weighted by atomic mass is 9.96. The van der Waals surface area contributed by atoms with Crippen LogP contribution in [-0.4, -0.2) is 0 Å². The van der Waals surface area contributed by atoms with Crippen LogP contribution in [0, 0.1) is 5.92 Å². The summed E-state index contributed by atoms with van der Waals surface area (Å²) < 4.78 is 0. The maximum atomic E-state index is 2.31. The summed E-state index contributed by atoms with van der Waals surface area (Å²) in [5.74, 6) is 0.788. The van der Waals surface area contributed by atoms with Crippen molar-refractivity contribution < 1.29 is 0 Å². The summed E-state index contributed by atoms with van der Waals surface area (Å²) in [6.45, 7) is 2.08. The molecule has 11 heavy (non-hydrogen) atoms. The van der Waals surface area contributed by atoms with Crippen molar-refractivity contribution in [1.82, 2.24) is 0 Å². The number of hydrogen-bond acceptors (Lipinski definition) is 0. The standard InChI is InChI=1S/C11H16/c1-2-3-5-8-11-9-6-4-7-10-11/h2-4,6-7,9,11H,5,8,10H2,1H3/b3-2+. The van der Waals surface area contributed by atoms with E-state index < -0.39 is 0 Å². The van der Waals surface area contributed by atoms with Crippen LogP contribution in [0.15, 0.2) is 36.5 Å². The van der Waals surface area contributed by atoms with Crippen LogP contribution in [0.2, 0.25) is 0 Å². The SMILES string of the molecule is C/C=C/CCC1C=CC=CC1. The van der Waals surface area contributed by atoms with Gasteiger partial charge in [-0.15, -0.1) is 0 Å². The molecule has 60 valence electrons. The van der Waals surface area contributed by atoms with Crippen LogP contribution in [0.3, 0.4) is 0 Å². The van der Waals surface area contributed by atoms with Crippen LogP contribution in [0.25, 0.3) is 0 Å². The fourth-order valence-corrected chi connectivity index (χ4v) is 1.32. The van der Waals surface area contributed by atoms with Gasteiger partial charge >= 0.3 is 0 Å². The van der Waals surface area contributed by atoms with E-state index in [1.165, 1.54) is 19.3 Å². The first kappa shape index (κ1) is 8.32. The number of allylic oxidation sites excluding steroid dienone is 6. The molecule has 1 rings (SSSR count). The smallest absolute Gasteiger partial charge is 0.0193 e. The maximum Gasteiger partial charge on any atom is -0.0193 e. The Kier molecular flexibility index (Phi) is 3.74. The molecular formula is C11H16. The first-order valence-corrected chi connectivity index (χ1v) is 4.38. The molecule has 0 fully saturated rings. The predicted octanol–water partition coefficient (Wildman–Crippen LogP) is 3.48. The molecule has 0 aromatic rings. The van der Waals surface area contributed by atoms with Gasteiger partial charge in [0.15, 0.2) is 0 Å². The Bertz CT molecular complexity index is 172. The second-order valence-electron chi connectivity index (χ2n) is 2.96. The van der Waals surface area contributed by atoms with Crippen molar-refractivity contribution >= 4 is 0 Å². The highest BCUT2D eigenvalue weighted by molar-refractivity contribution is 5.10. The Morgan fingerprint density at radius 3 is 3.00 bits per heavy atom. The number of hydrogen-bond donors (Lipinski definition) is 0. The van der Waals surface area contributed by atoms with Crippen LogP contribution in [0.4, 0.5) is 0 Å². The summed E-state index contributed by atoms with van der Waals surface area (Å²) in [5, 5.41) is 0. The van der Waals surface area contributed by atoms with Gasteiger partial charge in [-0.25, -0.2) is 0 Å². The van der Waals surface area contributed by atoms with Gasteiger partial charge in [0.1, 0.15) is 0 Å². The molecule has 1 atom stereocenters. The molecule has 0 aliphatic heterocycles. The van der Waals surface area contributed by atoms with Crippen LogP contribution in [-0.2, 0) is 0 Å². The van der Waals surface area contributed by atoms with E-state index in [0.717, 1.165) is 5.92 Å². The molecule has 0 amide bonds. The largest absolute Gasteiger partial charge is 0.0917 e. The van der Waals surface area contributed by atoms with Crippen molar-refractivity contribution in [1.29, 1.82) is 0 Å². The first-order valence-electron chi connectivity index (χ1n) is 4.38. The molecule has 1 aliphatic rings. The minimum Gasteiger partial charge on any atom is -0.0917 e. The van der Waals surface area contributed by atoms with E-state index in [0.29, 0.717) is 0 Å². The zero-order chi connectivity index (χ0) is 7.94. The molecule has 0 heterocycles. The van der Waals surface area contributed by atoms with E-state index in [2.05, 4.69) is 43.4 Å². The van der Waals surface area contributed by atoms with E-state index in [1.54, 1.807) is 0 Å². The maximum absolute atomic E-state index is 2.31. The molecule has 0 spiro atoms.